The molecule has 4 unspecified atom stereocenters. The number of hydrogen-bond acceptors (Lipinski definition) is 2. The zero-order valence-corrected chi connectivity index (χ0v) is 11.0. The maximum atomic E-state index is 5.21. The minimum Gasteiger partial charge on any atom is -0.385 e. The first-order valence-electron chi connectivity index (χ1n) is 7.02. The fourth-order valence-corrected chi connectivity index (χ4v) is 3.85. The third-order valence-corrected chi connectivity index (χ3v) is 4.72. The van der Waals surface area contributed by atoms with Crippen molar-refractivity contribution in [2.45, 2.75) is 45.6 Å². The van der Waals surface area contributed by atoms with Gasteiger partial charge in [-0.3, -0.25) is 0 Å². The molecule has 2 nitrogen and oxygen atoms in total. The van der Waals surface area contributed by atoms with Crippen LogP contribution in [0, 0.1) is 23.7 Å². The molecule has 0 aliphatic heterocycles. The first-order chi connectivity index (χ1) is 7.79. The van der Waals surface area contributed by atoms with Gasteiger partial charge in [-0.25, -0.2) is 0 Å². The van der Waals surface area contributed by atoms with Gasteiger partial charge in [-0.15, -0.1) is 0 Å². The lowest BCUT2D eigenvalue weighted by Crippen LogP contribution is -2.38. The fourth-order valence-electron chi connectivity index (χ4n) is 3.85. The normalized spacial score (nSPS) is 35.8. The van der Waals surface area contributed by atoms with Crippen LogP contribution in [0.4, 0.5) is 0 Å². The van der Waals surface area contributed by atoms with Gasteiger partial charge in [0.1, 0.15) is 0 Å². The summed E-state index contributed by atoms with van der Waals surface area (Å²) in [5.74, 6) is 3.87. The molecule has 0 saturated heterocycles. The molecular weight excluding hydrogens is 198 g/mol. The Morgan fingerprint density at radius 2 is 2.00 bits per heavy atom. The summed E-state index contributed by atoms with van der Waals surface area (Å²) in [6.07, 6.45) is 5.67. The minimum absolute atomic E-state index is 0.746. The Morgan fingerprint density at radius 3 is 2.56 bits per heavy atom. The molecule has 2 fully saturated rings. The van der Waals surface area contributed by atoms with E-state index in [2.05, 4.69) is 19.2 Å². The predicted octanol–water partition coefficient (Wildman–Crippen LogP) is 2.68. The second-order valence-electron chi connectivity index (χ2n) is 5.68. The summed E-state index contributed by atoms with van der Waals surface area (Å²) in [4.78, 5) is 0. The monoisotopic (exact) mass is 225 g/mol. The summed E-state index contributed by atoms with van der Waals surface area (Å²) in [5, 5.41) is 3.73. The highest BCUT2D eigenvalue weighted by Crippen LogP contribution is 2.59. The summed E-state index contributed by atoms with van der Waals surface area (Å²) >= 11 is 0. The lowest BCUT2D eigenvalue weighted by Gasteiger charge is -2.26. The maximum Gasteiger partial charge on any atom is 0.0465 e. The number of rotatable bonds is 7. The number of ether oxygens (including phenoxy) is 1. The van der Waals surface area contributed by atoms with Crippen LogP contribution >= 0.6 is 0 Å². The van der Waals surface area contributed by atoms with E-state index in [-0.39, 0.29) is 0 Å². The van der Waals surface area contributed by atoms with Gasteiger partial charge < -0.3 is 10.1 Å². The van der Waals surface area contributed by atoms with Crippen LogP contribution in [-0.4, -0.2) is 26.3 Å². The first-order valence-corrected chi connectivity index (χ1v) is 7.02. The van der Waals surface area contributed by atoms with Crippen LogP contribution in [0.2, 0.25) is 0 Å². The number of hydrogen-bond donors (Lipinski definition) is 1. The molecule has 16 heavy (non-hydrogen) atoms. The molecule has 0 aromatic heterocycles. The van der Waals surface area contributed by atoms with Crippen LogP contribution in [0.15, 0.2) is 0 Å². The fraction of sp³-hybridized carbons (Fsp3) is 1.00. The van der Waals surface area contributed by atoms with Gasteiger partial charge in [0.2, 0.25) is 0 Å². The van der Waals surface area contributed by atoms with Crippen molar-refractivity contribution >= 4 is 0 Å². The van der Waals surface area contributed by atoms with Crippen molar-refractivity contribution in [3.05, 3.63) is 0 Å². The van der Waals surface area contributed by atoms with Crippen LogP contribution in [0.25, 0.3) is 0 Å². The van der Waals surface area contributed by atoms with Gasteiger partial charge in [0.15, 0.2) is 0 Å². The summed E-state index contributed by atoms with van der Waals surface area (Å²) < 4.78 is 5.21. The van der Waals surface area contributed by atoms with E-state index in [1.165, 1.54) is 25.7 Å². The third kappa shape index (κ3) is 2.43. The van der Waals surface area contributed by atoms with Gasteiger partial charge in [-0.1, -0.05) is 20.3 Å². The zero-order chi connectivity index (χ0) is 11.5. The largest absolute Gasteiger partial charge is 0.385 e. The molecule has 0 aromatic carbocycles. The topological polar surface area (TPSA) is 21.3 Å². The van der Waals surface area contributed by atoms with E-state index in [0.717, 1.165) is 42.9 Å². The molecule has 0 amide bonds. The summed E-state index contributed by atoms with van der Waals surface area (Å²) in [6.45, 7) is 6.64. The number of methoxy groups -OCH3 is 1. The van der Waals surface area contributed by atoms with Crippen molar-refractivity contribution in [2.75, 3.05) is 20.3 Å². The average molecular weight is 225 g/mol. The predicted molar refractivity (Wildman–Crippen MR) is 67.4 cm³/mol. The molecule has 0 spiro atoms. The van der Waals surface area contributed by atoms with Gasteiger partial charge in [0, 0.05) is 19.8 Å². The van der Waals surface area contributed by atoms with E-state index >= 15 is 0 Å². The Balaban J connectivity index is 1.85. The summed E-state index contributed by atoms with van der Waals surface area (Å²) in [6, 6.07) is 0.746. The summed E-state index contributed by atoms with van der Waals surface area (Å²) in [7, 11) is 1.81. The maximum absolute atomic E-state index is 5.21. The van der Waals surface area contributed by atoms with Gasteiger partial charge >= 0.3 is 0 Å². The Morgan fingerprint density at radius 1 is 1.31 bits per heavy atom. The van der Waals surface area contributed by atoms with Crippen LogP contribution < -0.4 is 5.32 Å². The summed E-state index contributed by atoms with van der Waals surface area (Å²) in [5.41, 5.74) is 0. The molecule has 2 saturated carbocycles. The number of fused-ring (bicyclic) bond motifs is 1. The highest BCUT2D eigenvalue weighted by atomic mass is 16.5. The van der Waals surface area contributed by atoms with Crippen molar-refractivity contribution in [3.8, 4) is 0 Å². The average Bonchev–Trinajstić information content (AvgIpc) is 2.75. The lowest BCUT2D eigenvalue weighted by atomic mass is 9.91. The molecule has 0 aromatic rings. The molecule has 0 bridgehead atoms. The van der Waals surface area contributed by atoms with E-state index in [0.29, 0.717) is 0 Å². The van der Waals surface area contributed by atoms with Crippen molar-refractivity contribution in [1.82, 2.24) is 5.32 Å². The van der Waals surface area contributed by atoms with Crippen molar-refractivity contribution in [1.29, 1.82) is 0 Å². The van der Waals surface area contributed by atoms with E-state index in [9.17, 15) is 0 Å². The second-order valence-corrected chi connectivity index (χ2v) is 5.68. The Bertz CT molecular complexity index is 209. The quantitative estimate of drug-likeness (QED) is 0.719. The standard InChI is InChI=1S/C14H27NO/c1-4-15-14(10(2)8-9-16-3)13-11-6-5-7-12(11)13/h10-15H,4-9H2,1-3H3. The molecule has 1 N–H and O–H groups in total. The van der Waals surface area contributed by atoms with E-state index in [1.54, 1.807) is 7.11 Å². The molecule has 4 atom stereocenters. The van der Waals surface area contributed by atoms with Crippen molar-refractivity contribution in [3.63, 3.8) is 0 Å². The van der Waals surface area contributed by atoms with E-state index in [4.69, 9.17) is 4.74 Å². The highest BCUT2D eigenvalue weighted by Gasteiger charge is 2.56. The van der Waals surface area contributed by atoms with Crippen LogP contribution in [0.1, 0.15) is 39.5 Å². The van der Waals surface area contributed by atoms with Crippen LogP contribution in [-0.2, 0) is 4.74 Å². The third-order valence-electron chi connectivity index (χ3n) is 4.72. The van der Waals surface area contributed by atoms with Crippen LogP contribution in [0.5, 0.6) is 0 Å². The van der Waals surface area contributed by atoms with Gasteiger partial charge in [-0.05, 0) is 49.5 Å². The van der Waals surface area contributed by atoms with Crippen LogP contribution in [0.3, 0.4) is 0 Å². The zero-order valence-electron chi connectivity index (χ0n) is 11.0. The molecule has 2 aliphatic carbocycles. The highest BCUT2D eigenvalue weighted by molar-refractivity contribution is 5.07. The van der Waals surface area contributed by atoms with Crippen molar-refractivity contribution < 1.29 is 4.74 Å². The molecule has 0 radical (unpaired) electrons. The first kappa shape index (κ1) is 12.4. The van der Waals surface area contributed by atoms with E-state index in [1.807, 2.05) is 0 Å². The Kier molecular flexibility index (Phi) is 4.26. The number of nitrogens with one attached hydrogen (secondary N) is 1. The van der Waals surface area contributed by atoms with Gasteiger partial charge in [0.05, 0.1) is 0 Å². The molecule has 94 valence electrons. The molecule has 2 aliphatic rings. The smallest absolute Gasteiger partial charge is 0.0465 e. The lowest BCUT2D eigenvalue weighted by molar-refractivity contribution is 0.164. The Hall–Kier alpha value is -0.0800. The molecule has 2 heteroatoms. The Labute approximate surface area is 100 Å². The minimum atomic E-state index is 0.746. The SMILES string of the molecule is CCNC(C(C)CCOC)C1C2CCCC21. The second kappa shape index (κ2) is 5.50. The molecule has 2 rings (SSSR count). The van der Waals surface area contributed by atoms with Gasteiger partial charge in [-0.2, -0.15) is 0 Å². The van der Waals surface area contributed by atoms with E-state index < -0.39 is 0 Å². The van der Waals surface area contributed by atoms with Crippen molar-refractivity contribution in [2.24, 2.45) is 23.7 Å². The van der Waals surface area contributed by atoms with Gasteiger partial charge in [0.25, 0.3) is 0 Å². The molecular formula is C14H27NO. The molecule has 0 heterocycles.